The molecule has 0 spiro atoms. The van der Waals surface area contributed by atoms with Crippen LogP contribution in [-0.4, -0.2) is 16.8 Å². The second-order valence-corrected chi connectivity index (χ2v) is 5.10. The number of nitrogens with one attached hydrogen (secondary N) is 1. The van der Waals surface area contributed by atoms with Crippen LogP contribution in [0.2, 0.25) is 5.02 Å². The molecule has 0 fully saturated rings. The smallest absolute Gasteiger partial charge is 0.280 e. The molecule has 0 unspecified atom stereocenters. The van der Waals surface area contributed by atoms with Gasteiger partial charge < -0.3 is 0 Å². The van der Waals surface area contributed by atoms with Crippen molar-refractivity contribution in [2.24, 2.45) is 0 Å². The van der Waals surface area contributed by atoms with E-state index in [1.165, 1.54) is 30.3 Å². The van der Waals surface area contributed by atoms with Crippen molar-refractivity contribution in [3.05, 3.63) is 71.0 Å². The minimum atomic E-state index is -0.487. The van der Waals surface area contributed by atoms with Crippen molar-refractivity contribution in [3.63, 3.8) is 0 Å². The summed E-state index contributed by atoms with van der Waals surface area (Å²) >= 11 is 5.81. The fourth-order valence-corrected chi connectivity index (χ4v) is 2.19. The molecule has 0 aromatic heterocycles. The van der Waals surface area contributed by atoms with E-state index in [-0.39, 0.29) is 5.57 Å². The lowest BCUT2D eigenvalue weighted by molar-refractivity contribution is -0.134. The van der Waals surface area contributed by atoms with Crippen LogP contribution >= 0.6 is 11.6 Å². The first kappa shape index (κ1) is 14.3. The van der Waals surface area contributed by atoms with Crippen LogP contribution in [0.4, 0.5) is 10.1 Å². The number of carbonyl (C=O) groups excluding carboxylic acids is 2. The number of imide groups is 1. The lowest BCUT2D eigenvalue weighted by Gasteiger charge is -2.17. The van der Waals surface area contributed by atoms with Gasteiger partial charge in [-0.15, -0.1) is 0 Å². The zero-order valence-electron chi connectivity index (χ0n) is 11.2. The molecule has 4 nitrogen and oxygen atoms in total. The number of rotatable bonds is 3. The summed E-state index contributed by atoms with van der Waals surface area (Å²) in [5.74, 6) is -1.36. The molecule has 2 amide bonds. The predicted molar refractivity (Wildman–Crippen MR) is 81.3 cm³/mol. The molecule has 1 N–H and O–H groups in total. The number of benzene rings is 2. The molecular formula is C16H10ClFN2O2. The van der Waals surface area contributed by atoms with Gasteiger partial charge in [-0.1, -0.05) is 23.7 Å². The lowest BCUT2D eigenvalue weighted by Crippen LogP contribution is -2.36. The van der Waals surface area contributed by atoms with Gasteiger partial charge in [0, 0.05) is 11.1 Å². The SMILES string of the molecule is O=C1C=C(c2ccc(Cl)cc2)C(=O)N1Nc1ccc(F)cc1. The zero-order chi connectivity index (χ0) is 15.7. The molecule has 22 heavy (non-hydrogen) atoms. The summed E-state index contributed by atoms with van der Waals surface area (Å²) in [5, 5.41) is 1.43. The Morgan fingerprint density at radius 3 is 2.23 bits per heavy atom. The van der Waals surface area contributed by atoms with E-state index >= 15 is 0 Å². The first-order valence-electron chi connectivity index (χ1n) is 6.43. The summed E-state index contributed by atoms with van der Waals surface area (Å²) in [6.07, 6.45) is 1.25. The molecular weight excluding hydrogens is 307 g/mol. The minimum absolute atomic E-state index is 0.274. The van der Waals surface area contributed by atoms with Gasteiger partial charge in [-0.25, -0.2) is 4.39 Å². The van der Waals surface area contributed by atoms with Crippen molar-refractivity contribution in [2.75, 3.05) is 5.43 Å². The highest BCUT2D eigenvalue weighted by molar-refractivity contribution is 6.34. The largest absolute Gasteiger partial charge is 0.288 e. The fraction of sp³-hybridized carbons (Fsp3) is 0. The Labute approximate surface area is 130 Å². The quantitative estimate of drug-likeness (QED) is 0.884. The number of nitrogens with zero attached hydrogens (tertiary/aromatic N) is 1. The molecule has 0 saturated heterocycles. The Hall–Kier alpha value is -2.66. The summed E-state index contributed by atoms with van der Waals surface area (Å²) in [6.45, 7) is 0. The Kier molecular flexibility index (Phi) is 3.65. The van der Waals surface area contributed by atoms with Crippen LogP contribution in [0.3, 0.4) is 0 Å². The summed E-state index contributed by atoms with van der Waals surface area (Å²) in [4.78, 5) is 24.3. The molecule has 6 heteroatoms. The lowest BCUT2D eigenvalue weighted by atomic mass is 10.1. The van der Waals surface area contributed by atoms with Crippen molar-refractivity contribution < 1.29 is 14.0 Å². The van der Waals surface area contributed by atoms with Crippen LogP contribution in [0.15, 0.2) is 54.6 Å². The molecule has 1 aliphatic rings. The van der Waals surface area contributed by atoms with Crippen molar-refractivity contribution in [2.45, 2.75) is 0 Å². The van der Waals surface area contributed by atoms with Crippen molar-refractivity contribution in [3.8, 4) is 0 Å². The molecule has 2 aromatic carbocycles. The zero-order valence-corrected chi connectivity index (χ0v) is 12.0. The molecule has 0 bridgehead atoms. The van der Waals surface area contributed by atoms with Gasteiger partial charge in [0.1, 0.15) is 5.82 Å². The van der Waals surface area contributed by atoms with Crippen LogP contribution in [0.1, 0.15) is 5.56 Å². The summed E-state index contributed by atoms with van der Waals surface area (Å²) in [5.41, 5.74) is 3.98. The van der Waals surface area contributed by atoms with E-state index < -0.39 is 17.6 Å². The average Bonchev–Trinajstić information content (AvgIpc) is 2.78. The third kappa shape index (κ3) is 2.71. The molecule has 2 aromatic rings. The number of amides is 2. The Bertz CT molecular complexity index is 770. The van der Waals surface area contributed by atoms with E-state index in [0.29, 0.717) is 16.3 Å². The maximum absolute atomic E-state index is 12.9. The number of halogens is 2. The molecule has 1 heterocycles. The second kappa shape index (κ2) is 5.61. The maximum atomic E-state index is 12.9. The molecule has 0 saturated carbocycles. The van der Waals surface area contributed by atoms with Gasteiger partial charge >= 0.3 is 0 Å². The van der Waals surface area contributed by atoms with Gasteiger partial charge in [0.15, 0.2) is 0 Å². The monoisotopic (exact) mass is 316 g/mol. The summed E-state index contributed by atoms with van der Waals surface area (Å²) in [6, 6.07) is 12.0. The standard InChI is InChI=1S/C16H10ClFN2O2/c17-11-3-1-10(2-4-11)14-9-15(21)20(16(14)22)19-13-7-5-12(18)6-8-13/h1-9,19H. The second-order valence-electron chi connectivity index (χ2n) is 4.66. The van der Waals surface area contributed by atoms with Gasteiger partial charge in [-0.3, -0.25) is 15.0 Å². The van der Waals surface area contributed by atoms with Gasteiger partial charge in [-0.05, 0) is 42.0 Å². The van der Waals surface area contributed by atoms with Crippen LogP contribution in [-0.2, 0) is 9.59 Å². The van der Waals surface area contributed by atoms with Crippen LogP contribution in [0, 0.1) is 5.82 Å². The highest BCUT2D eigenvalue weighted by atomic mass is 35.5. The molecule has 0 aliphatic carbocycles. The molecule has 0 radical (unpaired) electrons. The van der Waals surface area contributed by atoms with Crippen molar-refractivity contribution in [1.82, 2.24) is 5.01 Å². The highest BCUT2D eigenvalue weighted by Gasteiger charge is 2.32. The number of hydrogen-bond donors (Lipinski definition) is 1. The van der Waals surface area contributed by atoms with Gasteiger partial charge in [0.05, 0.1) is 11.3 Å². The van der Waals surface area contributed by atoms with Crippen LogP contribution < -0.4 is 5.43 Å². The molecule has 3 rings (SSSR count). The van der Waals surface area contributed by atoms with Crippen LogP contribution in [0.5, 0.6) is 0 Å². The predicted octanol–water partition coefficient (Wildman–Crippen LogP) is 3.26. The first-order valence-corrected chi connectivity index (χ1v) is 6.81. The van der Waals surface area contributed by atoms with Gasteiger partial charge in [-0.2, -0.15) is 5.01 Å². The van der Waals surface area contributed by atoms with Gasteiger partial charge in [0.2, 0.25) is 0 Å². The van der Waals surface area contributed by atoms with Crippen molar-refractivity contribution in [1.29, 1.82) is 0 Å². The van der Waals surface area contributed by atoms with E-state index in [1.54, 1.807) is 24.3 Å². The number of hydrogen-bond acceptors (Lipinski definition) is 3. The highest BCUT2D eigenvalue weighted by Crippen LogP contribution is 2.25. The fourth-order valence-electron chi connectivity index (χ4n) is 2.07. The van der Waals surface area contributed by atoms with Gasteiger partial charge in [0.25, 0.3) is 11.8 Å². The Morgan fingerprint density at radius 1 is 0.955 bits per heavy atom. The van der Waals surface area contributed by atoms with Crippen LogP contribution in [0.25, 0.3) is 5.57 Å². The average molecular weight is 317 g/mol. The summed E-state index contributed by atoms with van der Waals surface area (Å²) in [7, 11) is 0. The third-order valence-electron chi connectivity index (χ3n) is 3.16. The van der Waals surface area contributed by atoms with E-state index in [2.05, 4.69) is 5.43 Å². The minimum Gasteiger partial charge on any atom is -0.288 e. The van der Waals surface area contributed by atoms with E-state index in [4.69, 9.17) is 11.6 Å². The number of anilines is 1. The normalized spacial score (nSPS) is 14.3. The van der Waals surface area contributed by atoms with E-state index in [1.807, 2.05) is 0 Å². The topological polar surface area (TPSA) is 49.4 Å². The van der Waals surface area contributed by atoms with E-state index in [9.17, 15) is 14.0 Å². The van der Waals surface area contributed by atoms with Crippen molar-refractivity contribution >= 4 is 34.7 Å². The Morgan fingerprint density at radius 2 is 1.59 bits per heavy atom. The maximum Gasteiger partial charge on any atom is 0.280 e. The Balaban J connectivity index is 1.82. The number of hydrazine groups is 1. The first-order chi connectivity index (χ1) is 10.5. The van der Waals surface area contributed by atoms with E-state index in [0.717, 1.165) is 5.01 Å². The summed E-state index contributed by atoms with van der Waals surface area (Å²) < 4.78 is 12.9. The molecule has 0 atom stereocenters. The molecule has 1 aliphatic heterocycles. The molecule has 110 valence electrons. The third-order valence-corrected chi connectivity index (χ3v) is 3.41. The number of carbonyl (C=O) groups is 2.